The molecule has 0 bridgehead atoms. The fourth-order valence-corrected chi connectivity index (χ4v) is 1.90. The quantitative estimate of drug-likeness (QED) is 0.788. The van der Waals surface area contributed by atoms with Crippen LogP contribution in [-0.2, 0) is 11.3 Å². The van der Waals surface area contributed by atoms with Crippen LogP contribution in [0, 0.1) is 11.3 Å². The molecule has 0 aliphatic carbocycles. The van der Waals surface area contributed by atoms with Crippen LogP contribution in [-0.4, -0.2) is 40.5 Å². The molecule has 0 aromatic carbocycles. The van der Waals surface area contributed by atoms with E-state index in [4.69, 9.17) is 10.00 Å². The summed E-state index contributed by atoms with van der Waals surface area (Å²) in [4.78, 5) is 2.21. The van der Waals surface area contributed by atoms with Crippen molar-refractivity contribution in [2.45, 2.75) is 32.5 Å². The largest absolute Gasteiger partial charge is 0.361 e. The van der Waals surface area contributed by atoms with E-state index >= 15 is 0 Å². The number of hydrogen-bond acceptors (Lipinski definition) is 4. The minimum Gasteiger partial charge on any atom is -0.361 e. The van der Waals surface area contributed by atoms with Crippen LogP contribution in [0.1, 0.15) is 25.6 Å². The Hall–Kier alpha value is -1.38. The number of hydrogen-bond donors (Lipinski definition) is 0. The monoisotopic (exact) mass is 234 g/mol. The summed E-state index contributed by atoms with van der Waals surface area (Å²) in [6, 6.07) is 4.58. The summed E-state index contributed by atoms with van der Waals surface area (Å²) in [5.74, 6) is 0. The maximum atomic E-state index is 8.83. The molecule has 1 unspecified atom stereocenters. The predicted molar refractivity (Wildman–Crippen MR) is 63.2 cm³/mol. The van der Waals surface area contributed by atoms with Gasteiger partial charge in [-0.15, -0.1) is 0 Å². The lowest BCUT2D eigenvalue weighted by Gasteiger charge is -2.28. The molecule has 17 heavy (non-hydrogen) atoms. The number of rotatable bonds is 3. The summed E-state index contributed by atoms with van der Waals surface area (Å²) in [6.07, 6.45) is 1.71. The first-order valence-corrected chi connectivity index (χ1v) is 5.96. The maximum Gasteiger partial charge on any atom is 0.156 e. The van der Waals surface area contributed by atoms with Crippen LogP contribution in [0.2, 0.25) is 0 Å². The van der Waals surface area contributed by atoms with Crippen LogP contribution in [0.4, 0.5) is 0 Å². The number of nitriles is 1. The Balaban J connectivity index is 1.93. The summed E-state index contributed by atoms with van der Waals surface area (Å²) in [5.41, 5.74) is 1.05. The molecule has 1 saturated heterocycles. The summed E-state index contributed by atoms with van der Waals surface area (Å²) >= 11 is 0. The smallest absolute Gasteiger partial charge is 0.156 e. The first kappa shape index (κ1) is 12.1. The van der Waals surface area contributed by atoms with Crippen LogP contribution in [0.3, 0.4) is 0 Å². The Bertz CT molecular complexity index is 407. The van der Waals surface area contributed by atoms with Gasteiger partial charge in [0.15, 0.2) is 6.10 Å². The van der Waals surface area contributed by atoms with Crippen molar-refractivity contribution in [2.75, 3.05) is 19.7 Å². The molecule has 0 radical (unpaired) electrons. The molecule has 2 rings (SSSR count). The van der Waals surface area contributed by atoms with E-state index in [1.807, 2.05) is 16.9 Å². The van der Waals surface area contributed by atoms with Crippen LogP contribution < -0.4 is 0 Å². The Morgan fingerprint density at radius 2 is 2.47 bits per heavy atom. The van der Waals surface area contributed by atoms with Crippen molar-refractivity contribution in [1.29, 1.82) is 5.26 Å². The van der Waals surface area contributed by atoms with Gasteiger partial charge in [0.1, 0.15) is 0 Å². The van der Waals surface area contributed by atoms with E-state index in [1.54, 1.807) is 0 Å². The fraction of sp³-hybridized carbons (Fsp3) is 0.667. The van der Waals surface area contributed by atoms with Gasteiger partial charge in [0.05, 0.1) is 18.4 Å². The van der Waals surface area contributed by atoms with Crippen LogP contribution in [0.25, 0.3) is 0 Å². The zero-order valence-corrected chi connectivity index (χ0v) is 10.3. The van der Waals surface area contributed by atoms with E-state index in [9.17, 15) is 0 Å². The number of ether oxygens (including phenoxy) is 1. The van der Waals surface area contributed by atoms with E-state index in [0.29, 0.717) is 19.2 Å². The van der Waals surface area contributed by atoms with Crippen LogP contribution >= 0.6 is 0 Å². The van der Waals surface area contributed by atoms with Crippen LogP contribution in [0.15, 0.2) is 12.3 Å². The molecule has 1 fully saturated rings. The van der Waals surface area contributed by atoms with Crippen molar-refractivity contribution in [3.8, 4) is 6.07 Å². The normalized spacial score (nSPS) is 21.6. The number of aromatic nitrogens is 2. The molecule has 0 spiro atoms. The van der Waals surface area contributed by atoms with Gasteiger partial charge in [0.25, 0.3) is 0 Å². The van der Waals surface area contributed by atoms with Crippen molar-refractivity contribution >= 4 is 0 Å². The first-order chi connectivity index (χ1) is 8.19. The molecule has 1 aliphatic heterocycles. The molecular weight excluding hydrogens is 216 g/mol. The molecule has 0 N–H and O–H groups in total. The van der Waals surface area contributed by atoms with Gasteiger partial charge in [-0.2, -0.15) is 10.4 Å². The third kappa shape index (κ3) is 3.05. The molecule has 1 aliphatic rings. The van der Waals surface area contributed by atoms with Crippen molar-refractivity contribution in [2.24, 2.45) is 0 Å². The van der Waals surface area contributed by atoms with Gasteiger partial charge in [-0.25, -0.2) is 0 Å². The molecule has 92 valence electrons. The Morgan fingerprint density at radius 3 is 3.12 bits per heavy atom. The average Bonchev–Trinajstić information content (AvgIpc) is 2.78. The van der Waals surface area contributed by atoms with E-state index in [0.717, 1.165) is 18.8 Å². The van der Waals surface area contributed by atoms with E-state index in [2.05, 4.69) is 29.9 Å². The lowest BCUT2D eigenvalue weighted by atomic mass is 10.3. The lowest BCUT2D eigenvalue weighted by molar-refractivity contribution is -0.00319. The second-order valence-electron chi connectivity index (χ2n) is 4.60. The van der Waals surface area contributed by atoms with E-state index in [1.165, 1.54) is 0 Å². The van der Waals surface area contributed by atoms with Crippen molar-refractivity contribution in [3.05, 3.63) is 18.0 Å². The molecule has 0 amide bonds. The summed E-state index contributed by atoms with van der Waals surface area (Å²) in [6.45, 7) is 7.18. The second-order valence-corrected chi connectivity index (χ2v) is 4.60. The molecule has 1 aromatic heterocycles. The lowest BCUT2D eigenvalue weighted by Crippen LogP contribution is -2.41. The summed E-state index contributed by atoms with van der Waals surface area (Å²) < 4.78 is 7.27. The van der Waals surface area contributed by atoms with Crippen molar-refractivity contribution in [3.63, 3.8) is 0 Å². The third-order valence-corrected chi connectivity index (χ3v) is 2.87. The Labute approximate surface area is 102 Å². The third-order valence-electron chi connectivity index (χ3n) is 2.87. The second kappa shape index (κ2) is 5.30. The van der Waals surface area contributed by atoms with Gasteiger partial charge in [-0.1, -0.05) is 0 Å². The zero-order valence-electron chi connectivity index (χ0n) is 10.3. The molecule has 5 heteroatoms. The summed E-state index contributed by atoms with van der Waals surface area (Å²) in [5, 5.41) is 13.3. The van der Waals surface area contributed by atoms with Gasteiger partial charge in [0, 0.05) is 31.9 Å². The Morgan fingerprint density at radius 1 is 1.65 bits per heavy atom. The first-order valence-electron chi connectivity index (χ1n) is 5.96. The minimum absolute atomic E-state index is 0.295. The fourth-order valence-electron chi connectivity index (χ4n) is 1.90. The SMILES string of the molecule is CC(C)n1ccc(CN2CCOC(C#N)C2)n1. The highest BCUT2D eigenvalue weighted by Gasteiger charge is 2.20. The molecule has 0 saturated carbocycles. The van der Waals surface area contributed by atoms with Crippen molar-refractivity contribution < 1.29 is 4.74 Å². The van der Waals surface area contributed by atoms with Gasteiger partial charge in [-0.05, 0) is 19.9 Å². The highest BCUT2D eigenvalue weighted by Crippen LogP contribution is 2.10. The zero-order chi connectivity index (χ0) is 12.3. The standard InChI is InChI=1S/C12H18N4O/c1-10(2)16-4-3-11(14-16)8-15-5-6-17-12(7-13)9-15/h3-4,10,12H,5-6,8-9H2,1-2H3. The summed E-state index contributed by atoms with van der Waals surface area (Å²) in [7, 11) is 0. The van der Waals surface area contributed by atoms with Crippen molar-refractivity contribution in [1.82, 2.24) is 14.7 Å². The van der Waals surface area contributed by atoms with Gasteiger partial charge in [-0.3, -0.25) is 9.58 Å². The van der Waals surface area contributed by atoms with E-state index < -0.39 is 0 Å². The number of nitrogens with zero attached hydrogens (tertiary/aromatic N) is 4. The average molecular weight is 234 g/mol. The molecule has 5 nitrogen and oxygen atoms in total. The number of morpholine rings is 1. The maximum absolute atomic E-state index is 8.83. The highest BCUT2D eigenvalue weighted by atomic mass is 16.5. The van der Waals surface area contributed by atoms with E-state index in [-0.39, 0.29) is 6.10 Å². The highest BCUT2D eigenvalue weighted by molar-refractivity contribution is 5.00. The van der Waals surface area contributed by atoms with Gasteiger partial charge in [0.2, 0.25) is 0 Å². The Kier molecular flexibility index (Phi) is 3.77. The topological polar surface area (TPSA) is 54.1 Å². The molecule has 1 atom stereocenters. The molecule has 2 heterocycles. The predicted octanol–water partition coefficient (Wildman–Crippen LogP) is 1.19. The molecular formula is C12H18N4O. The van der Waals surface area contributed by atoms with Gasteiger partial charge < -0.3 is 4.74 Å². The van der Waals surface area contributed by atoms with Crippen LogP contribution in [0.5, 0.6) is 0 Å². The minimum atomic E-state index is -0.295. The van der Waals surface area contributed by atoms with Gasteiger partial charge >= 0.3 is 0 Å². The molecule has 1 aromatic rings.